The van der Waals surface area contributed by atoms with Crippen LogP contribution in [-0.4, -0.2) is 62.9 Å². The largest absolute Gasteiger partial charge is 0.496 e. The van der Waals surface area contributed by atoms with Crippen LogP contribution < -0.4 is 9.64 Å². The molecule has 152 valence electrons. The summed E-state index contributed by atoms with van der Waals surface area (Å²) in [6.07, 6.45) is 9.30. The smallest absolute Gasteiger partial charge is 0.147 e. The van der Waals surface area contributed by atoms with Gasteiger partial charge in [0.2, 0.25) is 0 Å². The fourth-order valence-corrected chi connectivity index (χ4v) is 3.78. The Kier molecular flexibility index (Phi) is 5.44. The van der Waals surface area contributed by atoms with E-state index in [1.165, 1.54) is 0 Å². The van der Waals surface area contributed by atoms with Gasteiger partial charge < -0.3 is 9.64 Å². The van der Waals surface area contributed by atoms with Gasteiger partial charge in [0.15, 0.2) is 0 Å². The van der Waals surface area contributed by atoms with Crippen LogP contribution in [0.2, 0.25) is 0 Å². The zero-order chi connectivity index (χ0) is 20.4. The predicted molar refractivity (Wildman–Crippen MR) is 112 cm³/mol. The van der Waals surface area contributed by atoms with E-state index in [2.05, 4.69) is 31.8 Å². The zero-order valence-corrected chi connectivity index (χ0v) is 17.5. The number of piperazine rings is 1. The normalized spacial score (nSPS) is 15.0. The number of methoxy groups -OCH3 is 1. The standard InChI is InChI=1S/C21H27N7O/c1-15-9-23-19(16(2)21(15)29-4)14-27-5-7-28(8-6-27)20-12-22-11-18(25-20)17-10-24-26(3)13-17/h9-13H,5-8,14H2,1-4H3. The van der Waals surface area contributed by atoms with Crippen molar-refractivity contribution < 1.29 is 4.74 Å². The number of aryl methyl sites for hydroxylation is 2. The average molecular weight is 393 g/mol. The highest BCUT2D eigenvalue weighted by molar-refractivity contribution is 5.58. The second kappa shape index (κ2) is 8.16. The van der Waals surface area contributed by atoms with E-state index in [0.29, 0.717) is 0 Å². The monoisotopic (exact) mass is 393 g/mol. The van der Waals surface area contributed by atoms with Crippen LogP contribution in [0.3, 0.4) is 0 Å². The zero-order valence-electron chi connectivity index (χ0n) is 17.5. The van der Waals surface area contributed by atoms with Crippen molar-refractivity contribution in [1.29, 1.82) is 0 Å². The molecule has 3 aromatic heterocycles. The molecule has 4 rings (SSSR count). The van der Waals surface area contributed by atoms with E-state index in [4.69, 9.17) is 9.72 Å². The third kappa shape index (κ3) is 4.07. The molecule has 3 aromatic rings. The Labute approximate surface area is 171 Å². The summed E-state index contributed by atoms with van der Waals surface area (Å²) in [6.45, 7) is 8.68. The van der Waals surface area contributed by atoms with Gasteiger partial charge in [0, 0.05) is 68.9 Å². The van der Waals surface area contributed by atoms with E-state index in [0.717, 1.165) is 72.4 Å². The van der Waals surface area contributed by atoms with Crippen molar-refractivity contribution in [2.75, 3.05) is 38.2 Å². The summed E-state index contributed by atoms with van der Waals surface area (Å²) >= 11 is 0. The molecule has 1 fully saturated rings. The lowest BCUT2D eigenvalue weighted by Gasteiger charge is -2.35. The fourth-order valence-electron chi connectivity index (χ4n) is 3.78. The van der Waals surface area contributed by atoms with Crippen LogP contribution in [0.25, 0.3) is 11.3 Å². The number of rotatable bonds is 5. The Morgan fingerprint density at radius 1 is 1.03 bits per heavy atom. The van der Waals surface area contributed by atoms with Gasteiger partial charge in [-0.1, -0.05) is 0 Å². The van der Waals surface area contributed by atoms with Gasteiger partial charge in [-0.05, 0) is 13.8 Å². The van der Waals surface area contributed by atoms with Crippen LogP contribution in [-0.2, 0) is 13.6 Å². The molecular formula is C21H27N7O. The Bertz CT molecular complexity index is 992. The summed E-state index contributed by atoms with van der Waals surface area (Å²) in [5.41, 5.74) is 5.12. The van der Waals surface area contributed by atoms with Crippen molar-refractivity contribution in [2.24, 2.45) is 7.05 Å². The average Bonchev–Trinajstić information content (AvgIpc) is 3.18. The third-order valence-corrected chi connectivity index (χ3v) is 5.44. The van der Waals surface area contributed by atoms with Crippen molar-refractivity contribution in [1.82, 2.24) is 29.6 Å². The van der Waals surface area contributed by atoms with Gasteiger partial charge in [0.05, 0.1) is 37.1 Å². The highest BCUT2D eigenvalue weighted by atomic mass is 16.5. The Hall–Kier alpha value is -3.00. The Morgan fingerprint density at radius 2 is 1.83 bits per heavy atom. The maximum atomic E-state index is 5.54. The minimum Gasteiger partial charge on any atom is -0.496 e. The molecule has 0 spiro atoms. The van der Waals surface area contributed by atoms with E-state index in [1.54, 1.807) is 18.0 Å². The summed E-state index contributed by atoms with van der Waals surface area (Å²) in [5, 5.41) is 4.22. The van der Waals surface area contributed by atoms with E-state index >= 15 is 0 Å². The van der Waals surface area contributed by atoms with Gasteiger partial charge in [-0.25, -0.2) is 4.98 Å². The summed E-state index contributed by atoms with van der Waals surface area (Å²) in [7, 11) is 3.62. The van der Waals surface area contributed by atoms with Gasteiger partial charge in [-0.3, -0.25) is 19.5 Å². The van der Waals surface area contributed by atoms with Gasteiger partial charge in [-0.2, -0.15) is 5.10 Å². The molecule has 0 aromatic carbocycles. The first-order chi connectivity index (χ1) is 14.0. The van der Waals surface area contributed by atoms with E-state index in [-0.39, 0.29) is 0 Å². The molecule has 8 nitrogen and oxygen atoms in total. The fraction of sp³-hybridized carbons (Fsp3) is 0.429. The highest BCUT2D eigenvalue weighted by Gasteiger charge is 2.21. The minimum absolute atomic E-state index is 0.831. The number of anilines is 1. The number of hydrogen-bond donors (Lipinski definition) is 0. The maximum absolute atomic E-state index is 5.54. The van der Waals surface area contributed by atoms with E-state index < -0.39 is 0 Å². The van der Waals surface area contributed by atoms with Crippen LogP contribution in [0, 0.1) is 13.8 Å². The molecule has 8 heteroatoms. The van der Waals surface area contributed by atoms with Crippen molar-refractivity contribution in [3.63, 3.8) is 0 Å². The summed E-state index contributed by atoms with van der Waals surface area (Å²) in [5.74, 6) is 1.86. The van der Waals surface area contributed by atoms with Gasteiger partial charge in [0.25, 0.3) is 0 Å². The molecule has 1 saturated heterocycles. The van der Waals surface area contributed by atoms with Crippen molar-refractivity contribution in [3.8, 4) is 17.0 Å². The van der Waals surface area contributed by atoms with E-state index in [1.807, 2.05) is 38.8 Å². The second-order valence-corrected chi connectivity index (χ2v) is 7.47. The molecule has 4 heterocycles. The van der Waals surface area contributed by atoms with Crippen molar-refractivity contribution in [2.45, 2.75) is 20.4 Å². The summed E-state index contributed by atoms with van der Waals surface area (Å²) in [6, 6.07) is 0. The molecule has 1 aliphatic heterocycles. The SMILES string of the molecule is COc1c(C)cnc(CN2CCN(c3cncc(-c4cnn(C)c4)n3)CC2)c1C. The lowest BCUT2D eigenvalue weighted by Crippen LogP contribution is -2.46. The number of aromatic nitrogens is 5. The van der Waals surface area contributed by atoms with Crippen molar-refractivity contribution >= 4 is 5.82 Å². The van der Waals surface area contributed by atoms with Crippen LogP contribution in [0.15, 0.2) is 31.0 Å². The second-order valence-electron chi connectivity index (χ2n) is 7.47. The van der Waals surface area contributed by atoms with Crippen LogP contribution in [0.4, 0.5) is 5.82 Å². The molecule has 0 N–H and O–H groups in total. The maximum Gasteiger partial charge on any atom is 0.147 e. The first-order valence-corrected chi connectivity index (χ1v) is 9.82. The third-order valence-electron chi connectivity index (χ3n) is 5.44. The molecule has 0 saturated carbocycles. The molecule has 0 radical (unpaired) electrons. The van der Waals surface area contributed by atoms with Gasteiger partial charge >= 0.3 is 0 Å². The number of hydrogen-bond acceptors (Lipinski definition) is 7. The molecule has 0 atom stereocenters. The first-order valence-electron chi connectivity index (χ1n) is 9.82. The van der Waals surface area contributed by atoms with Crippen LogP contribution in [0.5, 0.6) is 5.75 Å². The summed E-state index contributed by atoms with van der Waals surface area (Å²) in [4.78, 5) is 18.6. The van der Waals surface area contributed by atoms with E-state index in [9.17, 15) is 0 Å². The number of pyridine rings is 1. The molecule has 0 bridgehead atoms. The van der Waals surface area contributed by atoms with Gasteiger partial charge in [-0.15, -0.1) is 0 Å². The highest BCUT2D eigenvalue weighted by Crippen LogP contribution is 2.25. The lowest BCUT2D eigenvalue weighted by atomic mass is 10.1. The van der Waals surface area contributed by atoms with Crippen molar-refractivity contribution in [3.05, 3.63) is 47.8 Å². The van der Waals surface area contributed by atoms with Gasteiger partial charge in [0.1, 0.15) is 11.6 Å². The summed E-state index contributed by atoms with van der Waals surface area (Å²) < 4.78 is 7.32. The quantitative estimate of drug-likeness (QED) is 0.658. The molecular weight excluding hydrogens is 366 g/mol. The van der Waals surface area contributed by atoms with Crippen LogP contribution in [0.1, 0.15) is 16.8 Å². The molecule has 1 aliphatic rings. The predicted octanol–water partition coefficient (Wildman–Crippen LogP) is 2.22. The Morgan fingerprint density at radius 3 is 2.52 bits per heavy atom. The lowest BCUT2D eigenvalue weighted by molar-refractivity contribution is 0.245. The molecule has 0 aliphatic carbocycles. The number of ether oxygens (including phenoxy) is 1. The number of nitrogens with zero attached hydrogens (tertiary/aromatic N) is 7. The molecule has 0 unspecified atom stereocenters. The topological polar surface area (TPSA) is 72.2 Å². The minimum atomic E-state index is 0.831. The van der Waals surface area contributed by atoms with Crippen LogP contribution >= 0.6 is 0 Å². The first kappa shape index (κ1) is 19.3. The molecule has 29 heavy (non-hydrogen) atoms. The Balaban J connectivity index is 1.41. The molecule has 0 amide bonds.